The summed E-state index contributed by atoms with van der Waals surface area (Å²) in [5.74, 6) is -0.976. The molecule has 0 aliphatic rings. The Hall–Kier alpha value is -1.88. The smallest absolute Gasteiger partial charge is 0.337 e. The Kier molecular flexibility index (Phi) is 3.57. The average Bonchev–Trinajstić information content (AvgIpc) is 2.82. The molecule has 1 unspecified atom stereocenters. The summed E-state index contributed by atoms with van der Waals surface area (Å²) in [6.45, 7) is 4.17. The van der Waals surface area contributed by atoms with Gasteiger partial charge in [-0.2, -0.15) is 0 Å². The maximum absolute atomic E-state index is 11.2. The molecule has 0 saturated carbocycles. The minimum absolute atomic E-state index is 0.0859. The van der Waals surface area contributed by atoms with Crippen LogP contribution in [0.4, 0.5) is 0 Å². The lowest BCUT2D eigenvalue weighted by Crippen LogP contribution is -2.29. The van der Waals surface area contributed by atoms with E-state index in [9.17, 15) is 9.90 Å². The predicted octanol–water partition coefficient (Wildman–Crippen LogP) is 2.24. The number of hydrogen-bond acceptors (Lipinski definition) is 3. The third-order valence-corrected chi connectivity index (χ3v) is 3.80. The van der Waals surface area contributed by atoms with Gasteiger partial charge < -0.3 is 14.8 Å². The van der Waals surface area contributed by atoms with E-state index in [1.54, 1.807) is 18.5 Å². The number of nitrogens with zero attached hydrogens (tertiary/aromatic N) is 2. The lowest BCUT2D eigenvalue weighted by Gasteiger charge is -2.30. The number of aromatic carboxylic acids is 1. The molecular formula is C14H18N2O3. The van der Waals surface area contributed by atoms with Crippen LogP contribution in [0.2, 0.25) is 0 Å². The van der Waals surface area contributed by atoms with E-state index < -0.39 is 5.97 Å². The number of fused-ring (bicyclic) bond motifs is 1. The standard InChI is InChI=1S/C14H18N2O3/c1-3-14(2,7-8-17)16-9-15-12-10(13(18)19)5-4-6-11(12)16/h4-6,9,17H,3,7-8H2,1-2H3,(H,18,19). The van der Waals surface area contributed by atoms with Gasteiger partial charge in [-0.15, -0.1) is 0 Å². The van der Waals surface area contributed by atoms with E-state index in [0.717, 1.165) is 11.9 Å². The molecule has 0 radical (unpaired) electrons. The Morgan fingerprint density at radius 1 is 1.47 bits per heavy atom. The summed E-state index contributed by atoms with van der Waals surface area (Å²) < 4.78 is 1.96. The third kappa shape index (κ3) is 2.21. The molecule has 0 aliphatic heterocycles. The maximum Gasteiger partial charge on any atom is 0.337 e. The van der Waals surface area contributed by atoms with Gasteiger partial charge in [0.25, 0.3) is 0 Å². The molecule has 0 aliphatic carbocycles. The van der Waals surface area contributed by atoms with E-state index in [1.165, 1.54) is 0 Å². The summed E-state index contributed by atoms with van der Waals surface area (Å²) in [5.41, 5.74) is 1.23. The third-order valence-electron chi connectivity index (χ3n) is 3.80. The van der Waals surface area contributed by atoms with E-state index in [1.807, 2.05) is 24.5 Å². The van der Waals surface area contributed by atoms with E-state index in [2.05, 4.69) is 4.98 Å². The highest BCUT2D eigenvalue weighted by Gasteiger charge is 2.26. The van der Waals surface area contributed by atoms with Crippen molar-refractivity contribution in [3.63, 3.8) is 0 Å². The quantitative estimate of drug-likeness (QED) is 0.866. The summed E-state index contributed by atoms with van der Waals surface area (Å²) in [6.07, 6.45) is 3.10. The van der Waals surface area contributed by atoms with E-state index in [-0.39, 0.29) is 17.7 Å². The van der Waals surface area contributed by atoms with Crippen LogP contribution in [0.3, 0.4) is 0 Å². The fourth-order valence-corrected chi connectivity index (χ4v) is 2.35. The first-order chi connectivity index (χ1) is 9.03. The first-order valence-electron chi connectivity index (χ1n) is 6.34. The Labute approximate surface area is 111 Å². The van der Waals surface area contributed by atoms with Gasteiger partial charge in [-0.05, 0) is 31.9 Å². The zero-order valence-corrected chi connectivity index (χ0v) is 11.1. The Morgan fingerprint density at radius 2 is 2.21 bits per heavy atom. The largest absolute Gasteiger partial charge is 0.478 e. The van der Waals surface area contributed by atoms with Gasteiger partial charge in [0.15, 0.2) is 0 Å². The molecule has 2 aromatic rings. The number of imidazole rings is 1. The van der Waals surface area contributed by atoms with E-state index >= 15 is 0 Å². The molecule has 1 atom stereocenters. The number of carboxylic acids is 1. The highest BCUT2D eigenvalue weighted by atomic mass is 16.4. The monoisotopic (exact) mass is 262 g/mol. The first kappa shape index (κ1) is 13.5. The second kappa shape index (κ2) is 5.01. The van der Waals surface area contributed by atoms with Crippen LogP contribution in [-0.2, 0) is 5.54 Å². The number of carboxylic acid groups (broad SMARTS) is 1. The number of aromatic nitrogens is 2. The lowest BCUT2D eigenvalue weighted by molar-refractivity contribution is 0.0699. The Morgan fingerprint density at radius 3 is 2.79 bits per heavy atom. The van der Waals surface area contributed by atoms with Crippen LogP contribution in [0, 0.1) is 0 Å². The molecule has 5 nitrogen and oxygen atoms in total. The predicted molar refractivity (Wildman–Crippen MR) is 72.3 cm³/mol. The second-order valence-electron chi connectivity index (χ2n) is 4.92. The van der Waals surface area contributed by atoms with Crippen LogP contribution >= 0.6 is 0 Å². The maximum atomic E-state index is 11.2. The minimum Gasteiger partial charge on any atom is -0.478 e. The Balaban J connectivity index is 2.63. The Bertz CT molecular complexity index is 606. The number of para-hydroxylation sites is 1. The number of carbonyl (C=O) groups is 1. The summed E-state index contributed by atoms with van der Waals surface area (Å²) in [4.78, 5) is 15.4. The van der Waals surface area contributed by atoms with Crippen molar-refractivity contribution in [2.24, 2.45) is 0 Å². The summed E-state index contributed by atoms with van der Waals surface area (Å²) in [5, 5.41) is 18.4. The van der Waals surface area contributed by atoms with Crippen molar-refractivity contribution in [2.75, 3.05) is 6.61 Å². The molecule has 0 amide bonds. The fraction of sp³-hybridized carbons (Fsp3) is 0.429. The number of aliphatic hydroxyl groups is 1. The molecule has 0 saturated heterocycles. The van der Waals surface area contributed by atoms with Gasteiger partial charge in [0, 0.05) is 12.1 Å². The summed E-state index contributed by atoms with van der Waals surface area (Å²) in [6, 6.07) is 5.14. The molecule has 0 spiro atoms. The van der Waals surface area contributed by atoms with Crippen molar-refractivity contribution in [3.8, 4) is 0 Å². The van der Waals surface area contributed by atoms with Gasteiger partial charge in [-0.3, -0.25) is 0 Å². The molecule has 2 N–H and O–H groups in total. The van der Waals surface area contributed by atoms with Gasteiger partial charge >= 0.3 is 5.97 Å². The molecule has 19 heavy (non-hydrogen) atoms. The van der Waals surface area contributed by atoms with Crippen LogP contribution in [-0.4, -0.2) is 32.3 Å². The molecule has 5 heteroatoms. The number of rotatable bonds is 5. The van der Waals surface area contributed by atoms with Crippen molar-refractivity contribution in [1.29, 1.82) is 0 Å². The molecule has 102 valence electrons. The zero-order chi connectivity index (χ0) is 14.0. The summed E-state index contributed by atoms with van der Waals surface area (Å²) in [7, 11) is 0. The van der Waals surface area contributed by atoms with Crippen LogP contribution < -0.4 is 0 Å². The van der Waals surface area contributed by atoms with Crippen molar-refractivity contribution < 1.29 is 15.0 Å². The van der Waals surface area contributed by atoms with Gasteiger partial charge in [-0.1, -0.05) is 13.0 Å². The van der Waals surface area contributed by atoms with Crippen LogP contribution in [0.5, 0.6) is 0 Å². The van der Waals surface area contributed by atoms with Crippen molar-refractivity contribution in [1.82, 2.24) is 9.55 Å². The van der Waals surface area contributed by atoms with Crippen molar-refractivity contribution in [2.45, 2.75) is 32.2 Å². The van der Waals surface area contributed by atoms with Crippen LogP contribution in [0.25, 0.3) is 11.0 Å². The highest BCUT2D eigenvalue weighted by Crippen LogP contribution is 2.29. The molecule has 1 aromatic carbocycles. The van der Waals surface area contributed by atoms with E-state index in [0.29, 0.717) is 11.9 Å². The van der Waals surface area contributed by atoms with Gasteiger partial charge in [0.05, 0.1) is 17.4 Å². The lowest BCUT2D eigenvalue weighted by atomic mass is 9.94. The number of aliphatic hydroxyl groups excluding tert-OH is 1. The second-order valence-corrected chi connectivity index (χ2v) is 4.92. The normalized spacial score (nSPS) is 14.5. The highest BCUT2D eigenvalue weighted by molar-refractivity contribution is 6.00. The first-order valence-corrected chi connectivity index (χ1v) is 6.34. The van der Waals surface area contributed by atoms with Crippen LogP contribution in [0.1, 0.15) is 37.0 Å². The zero-order valence-electron chi connectivity index (χ0n) is 11.1. The summed E-state index contributed by atoms with van der Waals surface area (Å²) >= 11 is 0. The molecule has 1 aromatic heterocycles. The van der Waals surface area contributed by atoms with Gasteiger partial charge in [0.2, 0.25) is 0 Å². The minimum atomic E-state index is -0.976. The number of benzene rings is 1. The van der Waals surface area contributed by atoms with E-state index in [4.69, 9.17) is 5.11 Å². The topological polar surface area (TPSA) is 75.3 Å². The molecule has 2 rings (SSSR count). The van der Waals surface area contributed by atoms with Gasteiger partial charge in [-0.25, -0.2) is 9.78 Å². The van der Waals surface area contributed by atoms with Crippen LogP contribution in [0.15, 0.2) is 24.5 Å². The van der Waals surface area contributed by atoms with Gasteiger partial charge in [0.1, 0.15) is 5.52 Å². The van der Waals surface area contributed by atoms with Crippen molar-refractivity contribution in [3.05, 3.63) is 30.1 Å². The fourth-order valence-electron chi connectivity index (χ4n) is 2.35. The number of hydrogen-bond donors (Lipinski definition) is 2. The molecule has 1 heterocycles. The molecule has 0 fully saturated rings. The average molecular weight is 262 g/mol. The molecule has 0 bridgehead atoms. The molecular weight excluding hydrogens is 244 g/mol. The SMILES string of the molecule is CCC(C)(CCO)n1cnc2c(C(=O)O)cccc21. The van der Waals surface area contributed by atoms with Crippen molar-refractivity contribution >= 4 is 17.0 Å².